The van der Waals surface area contributed by atoms with E-state index in [0.717, 1.165) is 5.56 Å². The number of anilines is 1. The van der Waals surface area contributed by atoms with Crippen molar-refractivity contribution in [2.24, 2.45) is 5.92 Å². The van der Waals surface area contributed by atoms with Gasteiger partial charge in [0, 0.05) is 25.7 Å². The highest BCUT2D eigenvalue weighted by atomic mass is 32.2. The molecule has 1 atom stereocenters. The van der Waals surface area contributed by atoms with Crippen LogP contribution < -0.4 is 15.4 Å². The molecule has 0 saturated carbocycles. The number of carbonyl (C=O) groups excluding carboxylic acids is 2. The number of amides is 2. The van der Waals surface area contributed by atoms with Crippen LogP contribution in [-0.4, -0.2) is 39.1 Å². The van der Waals surface area contributed by atoms with Crippen LogP contribution in [0.1, 0.15) is 19.4 Å². The molecule has 0 radical (unpaired) electrons. The molecule has 1 unspecified atom stereocenters. The molecule has 1 rings (SSSR count). The van der Waals surface area contributed by atoms with Gasteiger partial charge in [-0.3, -0.25) is 14.3 Å². The van der Waals surface area contributed by atoms with Crippen LogP contribution in [0, 0.1) is 12.8 Å². The highest BCUT2D eigenvalue weighted by molar-refractivity contribution is 7.92. The number of sulfonamides is 1. The fourth-order valence-electron chi connectivity index (χ4n) is 1.85. The van der Waals surface area contributed by atoms with Gasteiger partial charge in [0.05, 0.1) is 11.7 Å². The Morgan fingerprint density at radius 2 is 1.65 bits per heavy atom. The standard InChI is InChI=1S/C15H23N3O4S/c1-11-4-6-14(7-5-11)18-23(21,22)10-12(2)15(20)17-9-8-16-13(3)19/h4-7,12,18H,8-10H2,1-3H3,(H,16,19)(H,17,20). The summed E-state index contributed by atoms with van der Waals surface area (Å²) in [5.41, 5.74) is 1.49. The van der Waals surface area contributed by atoms with E-state index in [0.29, 0.717) is 12.2 Å². The van der Waals surface area contributed by atoms with Gasteiger partial charge in [-0.05, 0) is 19.1 Å². The Kier molecular flexibility index (Phi) is 7.02. The van der Waals surface area contributed by atoms with Crippen LogP contribution in [0.5, 0.6) is 0 Å². The summed E-state index contributed by atoms with van der Waals surface area (Å²) < 4.78 is 26.6. The molecule has 0 spiro atoms. The van der Waals surface area contributed by atoms with Crippen molar-refractivity contribution in [1.82, 2.24) is 10.6 Å². The molecular formula is C15H23N3O4S. The second-order valence-corrected chi connectivity index (χ2v) is 7.19. The lowest BCUT2D eigenvalue weighted by molar-refractivity contribution is -0.124. The molecule has 128 valence electrons. The second kappa shape index (κ2) is 8.52. The van der Waals surface area contributed by atoms with Gasteiger partial charge in [0.25, 0.3) is 0 Å². The molecule has 8 heteroatoms. The van der Waals surface area contributed by atoms with E-state index in [1.807, 2.05) is 6.92 Å². The first-order valence-electron chi connectivity index (χ1n) is 7.29. The quantitative estimate of drug-likeness (QED) is 0.603. The molecule has 3 N–H and O–H groups in total. The minimum absolute atomic E-state index is 0.183. The fraction of sp³-hybridized carbons (Fsp3) is 0.467. The van der Waals surface area contributed by atoms with Crippen molar-refractivity contribution >= 4 is 27.5 Å². The molecule has 1 aromatic carbocycles. The predicted octanol–water partition coefficient (Wildman–Crippen LogP) is 0.625. The summed E-state index contributed by atoms with van der Waals surface area (Å²) in [4.78, 5) is 22.5. The number of carbonyl (C=O) groups is 2. The zero-order chi connectivity index (χ0) is 17.5. The van der Waals surface area contributed by atoms with Gasteiger partial charge in [0.1, 0.15) is 0 Å². The molecule has 0 saturated heterocycles. The largest absolute Gasteiger partial charge is 0.355 e. The van der Waals surface area contributed by atoms with Crippen LogP contribution in [-0.2, 0) is 19.6 Å². The van der Waals surface area contributed by atoms with Crippen molar-refractivity contribution in [3.8, 4) is 0 Å². The molecule has 0 fully saturated rings. The predicted molar refractivity (Wildman–Crippen MR) is 89.4 cm³/mol. The minimum Gasteiger partial charge on any atom is -0.355 e. The van der Waals surface area contributed by atoms with Gasteiger partial charge in [-0.25, -0.2) is 8.42 Å². The van der Waals surface area contributed by atoms with Gasteiger partial charge >= 0.3 is 0 Å². The Morgan fingerprint density at radius 1 is 1.09 bits per heavy atom. The van der Waals surface area contributed by atoms with E-state index in [9.17, 15) is 18.0 Å². The topological polar surface area (TPSA) is 104 Å². The summed E-state index contributed by atoms with van der Waals surface area (Å²) >= 11 is 0. The highest BCUT2D eigenvalue weighted by Gasteiger charge is 2.21. The van der Waals surface area contributed by atoms with Crippen LogP contribution in [0.25, 0.3) is 0 Å². The number of hydrogen-bond donors (Lipinski definition) is 3. The van der Waals surface area contributed by atoms with Crippen LogP contribution in [0.4, 0.5) is 5.69 Å². The molecule has 7 nitrogen and oxygen atoms in total. The van der Waals surface area contributed by atoms with Gasteiger partial charge in [-0.15, -0.1) is 0 Å². The summed E-state index contributed by atoms with van der Waals surface area (Å²) in [5, 5.41) is 5.13. The zero-order valence-corrected chi connectivity index (χ0v) is 14.4. The van der Waals surface area contributed by atoms with E-state index in [2.05, 4.69) is 15.4 Å². The molecule has 1 aromatic rings. The molecular weight excluding hydrogens is 318 g/mol. The van der Waals surface area contributed by atoms with Crippen molar-refractivity contribution in [3.05, 3.63) is 29.8 Å². The average molecular weight is 341 g/mol. The lowest BCUT2D eigenvalue weighted by Crippen LogP contribution is -2.38. The van der Waals surface area contributed by atoms with Crippen molar-refractivity contribution in [2.75, 3.05) is 23.6 Å². The Hall–Kier alpha value is -2.09. The highest BCUT2D eigenvalue weighted by Crippen LogP contribution is 2.12. The first kappa shape index (κ1) is 19.0. The van der Waals surface area contributed by atoms with E-state index in [1.54, 1.807) is 31.2 Å². The summed E-state index contributed by atoms with van der Waals surface area (Å²) in [7, 11) is -3.62. The monoisotopic (exact) mass is 341 g/mol. The Bertz CT molecular complexity index is 641. The first-order valence-corrected chi connectivity index (χ1v) is 8.94. The average Bonchev–Trinajstić information content (AvgIpc) is 2.44. The summed E-state index contributed by atoms with van der Waals surface area (Å²) in [6.07, 6.45) is 0. The maximum atomic E-state index is 12.1. The molecule has 0 heterocycles. The normalized spacial score (nSPS) is 12.3. The molecule has 0 aliphatic heterocycles. The second-order valence-electron chi connectivity index (χ2n) is 5.42. The minimum atomic E-state index is -3.62. The molecule has 0 aliphatic carbocycles. The Labute approximate surface area is 136 Å². The van der Waals surface area contributed by atoms with Gasteiger partial charge in [0.15, 0.2) is 0 Å². The number of nitrogens with one attached hydrogen (secondary N) is 3. The summed E-state index contributed by atoms with van der Waals surface area (Å²) in [5.74, 6) is -1.57. The number of aryl methyl sites for hydroxylation is 1. The number of benzene rings is 1. The lowest BCUT2D eigenvalue weighted by Gasteiger charge is -2.14. The molecule has 0 bridgehead atoms. The van der Waals surface area contributed by atoms with E-state index in [-0.39, 0.29) is 24.1 Å². The van der Waals surface area contributed by atoms with Crippen LogP contribution in [0.2, 0.25) is 0 Å². The molecule has 2 amide bonds. The summed E-state index contributed by atoms with van der Waals surface area (Å²) in [6, 6.07) is 6.95. The first-order chi connectivity index (χ1) is 10.7. The van der Waals surface area contributed by atoms with Crippen molar-refractivity contribution < 1.29 is 18.0 Å². The van der Waals surface area contributed by atoms with Gasteiger partial charge in [-0.1, -0.05) is 24.6 Å². The van der Waals surface area contributed by atoms with Crippen molar-refractivity contribution in [3.63, 3.8) is 0 Å². The third-order valence-corrected chi connectivity index (χ3v) is 4.53. The van der Waals surface area contributed by atoms with E-state index >= 15 is 0 Å². The van der Waals surface area contributed by atoms with Crippen LogP contribution in [0.3, 0.4) is 0 Å². The van der Waals surface area contributed by atoms with Crippen molar-refractivity contribution in [2.45, 2.75) is 20.8 Å². The third kappa shape index (κ3) is 7.64. The number of hydrogen-bond acceptors (Lipinski definition) is 4. The van der Waals surface area contributed by atoms with Crippen LogP contribution >= 0.6 is 0 Å². The lowest BCUT2D eigenvalue weighted by atomic mass is 10.2. The van der Waals surface area contributed by atoms with Gasteiger partial charge in [-0.2, -0.15) is 0 Å². The van der Waals surface area contributed by atoms with Gasteiger partial charge in [0.2, 0.25) is 21.8 Å². The molecule has 0 aromatic heterocycles. The Balaban J connectivity index is 2.47. The molecule has 23 heavy (non-hydrogen) atoms. The van der Waals surface area contributed by atoms with E-state index < -0.39 is 15.9 Å². The molecule has 0 aliphatic rings. The maximum Gasteiger partial charge on any atom is 0.233 e. The Morgan fingerprint density at radius 3 is 2.22 bits per heavy atom. The third-order valence-electron chi connectivity index (χ3n) is 3.04. The number of rotatable bonds is 8. The fourth-order valence-corrected chi connectivity index (χ4v) is 3.23. The smallest absolute Gasteiger partial charge is 0.233 e. The maximum absolute atomic E-state index is 12.1. The van der Waals surface area contributed by atoms with E-state index in [4.69, 9.17) is 0 Å². The van der Waals surface area contributed by atoms with Crippen LogP contribution in [0.15, 0.2) is 24.3 Å². The summed E-state index contributed by atoms with van der Waals surface area (Å²) in [6.45, 7) is 5.40. The van der Waals surface area contributed by atoms with E-state index in [1.165, 1.54) is 6.92 Å². The van der Waals surface area contributed by atoms with Crippen molar-refractivity contribution in [1.29, 1.82) is 0 Å². The van der Waals surface area contributed by atoms with Gasteiger partial charge < -0.3 is 10.6 Å². The SMILES string of the molecule is CC(=O)NCCNC(=O)C(C)CS(=O)(=O)Nc1ccc(C)cc1. The zero-order valence-electron chi connectivity index (χ0n) is 13.5.